The molecule has 0 aliphatic heterocycles. The molecule has 0 saturated carbocycles. The third-order valence-electron chi connectivity index (χ3n) is 5.18. The van der Waals surface area contributed by atoms with E-state index in [1.165, 1.54) is 0 Å². The van der Waals surface area contributed by atoms with E-state index in [9.17, 15) is 4.79 Å². The number of hydrogen-bond donors (Lipinski definition) is 3. The van der Waals surface area contributed by atoms with Gasteiger partial charge in [-0.15, -0.1) is 0 Å². The van der Waals surface area contributed by atoms with Crippen LogP contribution in [0.1, 0.15) is 21.5 Å². The van der Waals surface area contributed by atoms with Gasteiger partial charge in [0.2, 0.25) is 0 Å². The molecule has 0 aliphatic rings. The fourth-order valence-corrected chi connectivity index (χ4v) is 3.73. The third-order valence-corrected chi connectivity index (χ3v) is 5.18. The smallest absolute Gasteiger partial charge is 0.271 e. The maximum absolute atomic E-state index is 12.7. The molecule has 5 nitrogen and oxygen atoms in total. The van der Waals surface area contributed by atoms with Gasteiger partial charge < -0.3 is 9.97 Å². The number of aromatic nitrogens is 2. The first-order chi connectivity index (χ1) is 13.7. The van der Waals surface area contributed by atoms with Crippen LogP contribution in [0.2, 0.25) is 0 Å². The molecule has 0 fully saturated rings. The molecule has 3 N–H and O–H groups in total. The minimum absolute atomic E-state index is 0.228. The summed E-state index contributed by atoms with van der Waals surface area (Å²) in [4.78, 5) is 19.3. The molecular formula is C23H18N4O. The largest absolute Gasteiger partial charge is 0.361 e. The van der Waals surface area contributed by atoms with Crippen LogP contribution >= 0.6 is 0 Å². The summed E-state index contributed by atoms with van der Waals surface area (Å²) < 4.78 is 0. The van der Waals surface area contributed by atoms with Crippen LogP contribution in [0.4, 0.5) is 0 Å². The number of H-pyrrole nitrogens is 2. The van der Waals surface area contributed by atoms with Crippen LogP contribution in [-0.4, -0.2) is 22.1 Å². The van der Waals surface area contributed by atoms with Gasteiger partial charge in [0.05, 0.1) is 11.7 Å². The van der Waals surface area contributed by atoms with Crippen molar-refractivity contribution in [1.82, 2.24) is 15.4 Å². The van der Waals surface area contributed by atoms with E-state index >= 15 is 0 Å². The molecule has 0 aliphatic carbocycles. The van der Waals surface area contributed by atoms with E-state index in [1.807, 2.05) is 67.7 Å². The normalized spacial score (nSPS) is 11.8. The van der Waals surface area contributed by atoms with Gasteiger partial charge in [-0.1, -0.05) is 42.5 Å². The number of benzene rings is 3. The molecule has 2 aromatic heterocycles. The zero-order valence-corrected chi connectivity index (χ0v) is 15.3. The lowest BCUT2D eigenvalue weighted by Gasteiger charge is -2.05. The summed E-state index contributed by atoms with van der Waals surface area (Å²) >= 11 is 0. The van der Waals surface area contributed by atoms with Crippen molar-refractivity contribution in [2.75, 3.05) is 0 Å². The third kappa shape index (κ3) is 2.56. The number of para-hydroxylation sites is 2. The number of fused-ring (bicyclic) bond motifs is 4. The molecule has 3 aromatic carbocycles. The van der Waals surface area contributed by atoms with Gasteiger partial charge in [-0.05, 0) is 30.7 Å². The summed E-state index contributed by atoms with van der Waals surface area (Å²) in [6, 6.07) is 20.0. The molecule has 28 heavy (non-hydrogen) atoms. The molecule has 0 bridgehead atoms. The zero-order valence-electron chi connectivity index (χ0n) is 15.3. The van der Waals surface area contributed by atoms with Crippen molar-refractivity contribution in [1.29, 1.82) is 0 Å². The van der Waals surface area contributed by atoms with Crippen LogP contribution in [0.3, 0.4) is 0 Å². The highest BCUT2D eigenvalue weighted by Crippen LogP contribution is 2.29. The van der Waals surface area contributed by atoms with Crippen LogP contribution in [0.25, 0.3) is 32.7 Å². The van der Waals surface area contributed by atoms with Crippen molar-refractivity contribution >= 4 is 44.8 Å². The topological polar surface area (TPSA) is 73.0 Å². The summed E-state index contributed by atoms with van der Waals surface area (Å²) in [6.07, 6.45) is 3.54. The molecule has 136 valence electrons. The SMILES string of the molecule is Cc1c(C(=O)N/N=C/c2c[nH]c3ccccc23)ccc2c1[nH]c1ccccc12. The zero-order chi connectivity index (χ0) is 19.1. The maximum Gasteiger partial charge on any atom is 0.271 e. The van der Waals surface area contributed by atoms with Crippen LogP contribution < -0.4 is 5.43 Å². The number of carbonyl (C=O) groups excluding carboxylic acids is 1. The monoisotopic (exact) mass is 366 g/mol. The first-order valence-electron chi connectivity index (χ1n) is 9.12. The maximum atomic E-state index is 12.7. The average molecular weight is 366 g/mol. The predicted molar refractivity (Wildman–Crippen MR) is 114 cm³/mol. The van der Waals surface area contributed by atoms with Crippen molar-refractivity contribution in [2.45, 2.75) is 6.92 Å². The Kier molecular flexibility index (Phi) is 3.72. The molecular weight excluding hydrogens is 348 g/mol. The summed E-state index contributed by atoms with van der Waals surface area (Å²) in [6.45, 7) is 1.95. The second kappa shape index (κ2) is 6.39. The minimum atomic E-state index is -0.228. The second-order valence-corrected chi connectivity index (χ2v) is 6.82. The molecule has 0 saturated heterocycles. The van der Waals surface area contributed by atoms with E-state index < -0.39 is 0 Å². The number of carbonyl (C=O) groups is 1. The Morgan fingerprint density at radius 3 is 2.54 bits per heavy atom. The van der Waals surface area contributed by atoms with E-state index in [1.54, 1.807) is 6.21 Å². The van der Waals surface area contributed by atoms with E-state index in [2.05, 4.69) is 26.6 Å². The van der Waals surface area contributed by atoms with Crippen LogP contribution in [-0.2, 0) is 0 Å². The van der Waals surface area contributed by atoms with Crippen molar-refractivity contribution in [3.8, 4) is 0 Å². The minimum Gasteiger partial charge on any atom is -0.361 e. The molecule has 2 heterocycles. The highest BCUT2D eigenvalue weighted by atomic mass is 16.2. The number of aromatic amines is 2. The second-order valence-electron chi connectivity index (χ2n) is 6.82. The molecule has 0 atom stereocenters. The Morgan fingerprint density at radius 1 is 0.929 bits per heavy atom. The van der Waals surface area contributed by atoms with E-state index in [4.69, 9.17) is 0 Å². The number of hydrogen-bond acceptors (Lipinski definition) is 2. The predicted octanol–water partition coefficient (Wildman–Crippen LogP) is 4.87. The lowest BCUT2D eigenvalue weighted by atomic mass is 10.0. The van der Waals surface area contributed by atoms with E-state index in [0.29, 0.717) is 5.56 Å². The van der Waals surface area contributed by atoms with Crippen molar-refractivity contribution < 1.29 is 4.79 Å². The van der Waals surface area contributed by atoms with Gasteiger partial charge >= 0.3 is 0 Å². The molecule has 0 radical (unpaired) electrons. The number of aryl methyl sites for hydroxylation is 1. The highest BCUT2D eigenvalue weighted by Gasteiger charge is 2.14. The first kappa shape index (κ1) is 16.3. The van der Waals surface area contributed by atoms with Gasteiger partial charge in [0.15, 0.2) is 0 Å². The van der Waals surface area contributed by atoms with Crippen LogP contribution in [0.15, 0.2) is 72.0 Å². The summed E-state index contributed by atoms with van der Waals surface area (Å²) in [7, 11) is 0. The Hall–Kier alpha value is -3.86. The van der Waals surface area contributed by atoms with E-state index in [0.717, 1.165) is 43.8 Å². The number of nitrogens with zero attached hydrogens (tertiary/aromatic N) is 1. The highest BCUT2D eigenvalue weighted by molar-refractivity contribution is 6.11. The Labute approximate surface area is 161 Å². The molecule has 5 aromatic rings. The van der Waals surface area contributed by atoms with Crippen molar-refractivity contribution in [2.24, 2.45) is 5.10 Å². The van der Waals surface area contributed by atoms with Crippen molar-refractivity contribution in [3.05, 3.63) is 83.6 Å². The summed E-state index contributed by atoms with van der Waals surface area (Å²) in [5, 5.41) is 7.49. The fourth-order valence-electron chi connectivity index (χ4n) is 3.73. The number of hydrazone groups is 1. The average Bonchev–Trinajstić information content (AvgIpc) is 3.30. The summed E-state index contributed by atoms with van der Waals surface area (Å²) in [5.41, 5.74) is 8.17. The quantitative estimate of drug-likeness (QED) is 0.309. The van der Waals surface area contributed by atoms with Crippen LogP contribution in [0, 0.1) is 6.92 Å². The first-order valence-corrected chi connectivity index (χ1v) is 9.12. The van der Waals surface area contributed by atoms with E-state index in [-0.39, 0.29) is 5.91 Å². The Balaban J connectivity index is 1.44. The van der Waals surface area contributed by atoms with Gasteiger partial charge in [-0.3, -0.25) is 4.79 Å². The molecule has 5 heteroatoms. The number of nitrogens with one attached hydrogen (secondary N) is 3. The lowest BCUT2D eigenvalue weighted by molar-refractivity contribution is 0.0954. The summed E-state index contributed by atoms with van der Waals surface area (Å²) in [5.74, 6) is -0.228. The van der Waals surface area contributed by atoms with Gasteiger partial charge in [0.1, 0.15) is 0 Å². The van der Waals surface area contributed by atoms with Gasteiger partial charge in [0.25, 0.3) is 5.91 Å². The molecule has 5 rings (SSSR count). The van der Waals surface area contributed by atoms with Crippen molar-refractivity contribution in [3.63, 3.8) is 0 Å². The molecule has 0 unspecified atom stereocenters. The molecule has 1 amide bonds. The Bertz CT molecular complexity index is 1370. The van der Waals surface area contributed by atoms with Gasteiger partial charge in [-0.25, -0.2) is 5.43 Å². The molecule has 0 spiro atoms. The van der Waals surface area contributed by atoms with Gasteiger partial charge in [0, 0.05) is 44.5 Å². The standard InChI is InChI=1S/C23H18N4O/c1-14-16(10-11-19-18-7-3-5-9-21(18)26-22(14)19)23(28)27-25-13-15-12-24-20-8-4-2-6-17(15)20/h2-13,24,26H,1H3,(H,27,28)/b25-13+. The van der Waals surface area contributed by atoms with Gasteiger partial charge in [-0.2, -0.15) is 5.10 Å². The van der Waals surface area contributed by atoms with Crippen LogP contribution in [0.5, 0.6) is 0 Å². The number of amides is 1. The Morgan fingerprint density at radius 2 is 1.68 bits per heavy atom. The lowest BCUT2D eigenvalue weighted by Crippen LogP contribution is -2.18. The fraction of sp³-hybridized carbons (Fsp3) is 0.0435. The number of rotatable bonds is 3.